The summed E-state index contributed by atoms with van der Waals surface area (Å²) in [6.07, 6.45) is 0. The molecular formula is C17H17FN4O2. The normalized spacial score (nSPS) is 20.9. The van der Waals surface area contributed by atoms with Crippen LogP contribution in [0.4, 0.5) is 15.0 Å². The summed E-state index contributed by atoms with van der Waals surface area (Å²) in [6.45, 7) is 3.67. The minimum Gasteiger partial charge on any atom is -0.352 e. The molecule has 0 radical (unpaired) electrons. The van der Waals surface area contributed by atoms with E-state index in [1.165, 1.54) is 17.0 Å². The molecule has 6 nitrogen and oxygen atoms in total. The predicted molar refractivity (Wildman–Crippen MR) is 87.2 cm³/mol. The maximum Gasteiger partial charge on any atom is 0.327 e. The highest BCUT2D eigenvalue weighted by molar-refractivity contribution is 6.04. The zero-order valence-electron chi connectivity index (χ0n) is 13.3. The lowest BCUT2D eigenvalue weighted by atomic mass is 10.1. The van der Waals surface area contributed by atoms with Crippen LogP contribution in [0.3, 0.4) is 0 Å². The van der Waals surface area contributed by atoms with Gasteiger partial charge in [0.05, 0.1) is 5.52 Å². The lowest BCUT2D eigenvalue weighted by Crippen LogP contribution is -2.53. The average Bonchev–Trinajstić information content (AvgIpc) is 2.84. The fourth-order valence-electron chi connectivity index (χ4n) is 3.41. The number of likely N-dealkylation sites (N-methyl/N-ethyl adjacent to an activating group) is 1. The number of rotatable bonds is 2. The monoisotopic (exact) mass is 328 g/mol. The minimum absolute atomic E-state index is 0.154. The molecule has 0 bridgehead atoms. The summed E-state index contributed by atoms with van der Waals surface area (Å²) in [5.41, 5.74) is 0.582. The van der Waals surface area contributed by atoms with Gasteiger partial charge in [-0.2, -0.15) is 0 Å². The van der Waals surface area contributed by atoms with Gasteiger partial charge in [0.25, 0.3) is 5.91 Å². The smallest absolute Gasteiger partial charge is 0.327 e. The molecule has 7 heteroatoms. The van der Waals surface area contributed by atoms with E-state index in [2.05, 4.69) is 4.98 Å². The van der Waals surface area contributed by atoms with Crippen molar-refractivity contribution in [2.75, 3.05) is 31.1 Å². The summed E-state index contributed by atoms with van der Waals surface area (Å²) in [7, 11) is 0. The van der Waals surface area contributed by atoms with Gasteiger partial charge in [0, 0.05) is 37.6 Å². The molecule has 4 rings (SSSR count). The Morgan fingerprint density at radius 1 is 1.21 bits per heavy atom. The lowest BCUT2D eigenvalue weighted by Gasteiger charge is -2.36. The van der Waals surface area contributed by atoms with Crippen molar-refractivity contribution in [3.8, 4) is 0 Å². The van der Waals surface area contributed by atoms with E-state index in [1.54, 1.807) is 17.9 Å². The molecule has 24 heavy (non-hydrogen) atoms. The number of fused-ring (bicyclic) bond motifs is 2. The first-order chi connectivity index (χ1) is 11.6. The van der Waals surface area contributed by atoms with E-state index in [9.17, 15) is 14.0 Å². The maximum atomic E-state index is 13.4. The molecule has 0 spiro atoms. The van der Waals surface area contributed by atoms with E-state index < -0.39 is 6.04 Å². The van der Waals surface area contributed by atoms with Crippen LogP contribution in [0.2, 0.25) is 0 Å². The summed E-state index contributed by atoms with van der Waals surface area (Å²) >= 11 is 0. The van der Waals surface area contributed by atoms with Gasteiger partial charge in [0.2, 0.25) is 0 Å². The topological polar surface area (TPSA) is 56.8 Å². The van der Waals surface area contributed by atoms with Gasteiger partial charge in [-0.25, -0.2) is 14.2 Å². The third kappa shape index (κ3) is 2.19. The van der Waals surface area contributed by atoms with Crippen LogP contribution in [-0.4, -0.2) is 58.9 Å². The molecule has 2 saturated heterocycles. The number of pyridine rings is 1. The van der Waals surface area contributed by atoms with Crippen LogP contribution >= 0.6 is 0 Å². The number of urea groups is 1. The van der Waals surface area contributed by atoms with Gasteiger partial charge < -0.3 is 9.80 Å². The van der Waals surface area contributed by atoms with E-state index >= 15 is 0 Å². The maximum absolute atomic E-state index is 13.4. The van der Waals surface area contributed by atoms with Crippen molar-refractivity contribution in [1.82, 2.24) is 14.8 Å². The molecule has 2 fully saturated rings. The van der Waals surface area contributed by atoms with Gasteiger partial charge in [-0.3, -0.25) is 9.69 Å². The zero-order valence-corrected chi connectivity index (χ0v) is 13.3. The Morgan fingerprint density at radius 2 is 2.00 bits per heavy atom. The Bertz CT molecular complexity index is 840. The number of hydrogen-bond donors (Lipinski definition) is 0. The number of piperazine rings is 1. The number of halogens is 1. The number of carbonyl (C=O) groups is 2. The highest BCUT2D eigenvalue weighted by Gasteiger charge is 2.47. The van der Waals surface area contributed by atoms with Crippen molar-refractivity contribution in [2.24, 2.45) is 0 Å². The van der Waals surface area contributed by atoms with Gasteiger partial charge in [0.15, 0.2) is 0 Å². The molecule has 1 aromatic carbocycles. The van der Waals surface area contributed by atoms with Crippen molar-refractivity contribution in [1.29, 1.82) is 0 Å². The molecule has 3 heterocycles. The summed E-state index contributed by atoms with van der Waals surface area (Å²) < 4.78 is 13.4. The van der Waals surface area contributed by atoms with Crippen LogP contribution < -0.4 is 4.90 Å². The second-order valence-electron chi connectivity index (χ2n) is 6.03. The molecule has 0 N–H and O–H groups in total. The first-order valence-corrected chi connectivity index (χ1v) is 8.01. The predicted octanol–water partition coefficient (Wildman–Crippen LogP) is 1.85. The Labute approximate surface area is 138 Å². The van der Waals surface area contributed by atoms with Gasteiger partial charge in [-0.05, 0) is 31.2 Å². The van der Waals surface area contributed by atoms with E-state index in [0.717, 1.165) is 5.39 Å². The third-order valence-electron chi connectivity index (χ3n) is 4.69. The summed E-state index contributed by atoms with van der Waals surface area (Å²) in [4.78, 5) is 34.0. The van der Waals surface area contributed by atoms with Crippen LogP contribution in [-0.2, 0) is 4.79 Å². The van der Waals surface area contributed by atoms with E-state index in [-0.39, 0.29) is 17.8 Å². The highest BCUT2D eigenvalue weighted by atomic mass is 19.1. The largest absolute Gasteiger partial charge is 0.352 e. The Kier molecular flexibility index (Phi) is 3.37. The molecule has 2 aliphatic heterocycles. The van der Waals surface area contributed by atoms with Crippen LogP contribution in [0.5, 0.6) is 0 Å². The standard InChI is InChI=1S/C17H17FN4O2/c1-2-21-16(23)14-10-20(7-8-22(14)17(21)24)15-6-4-11-3-5-12(18)9-13(11)19-15/h3-6,9,14H,2,7-8,10H2,1H3. The van der Waals surface area contributed by atoms with Crippen molar-refractivity contribution in [3.63, 3.8) is 0 Å². The molecule has 2 aliphatic rings. The number of amides is 3. The summed E-state index contributed by atoms with van der Waals surface area (Å²) in [5.74, 6) is 0.217. The van der Waals surface area contributed by atoms with Crippen molar-refractivity contribution in [2.45, 2.75) is 13.0 Å². The van der Waals surface area contributed by atoms with Crippen molar-refractivity contribution in [3.05, 3.63) is 36.1 Å². The second kappa shape index (κ2) is 5.43. The number of aromatic nitrogens is 1. The molecule has 1 unspecified atom stereocenters. The molecule has 0 aliphatic carbocycles. The molecular weight excluding hydrogens is 311 g/mol. The van der Waals surface area contributed by atoms with Gasteiger partial charge in [0.1, 0.15) is 17.7 Å². The van der Waals surface area contributed by atoms with Crippen LogP contribution in [0.15, 0.2) is 30.3 Å². The van der Waals surface area contributed by atoms with Crippen molar-refractivity contribution < 1.29 is 14.0 Å². The number of benzene rings is 1. The van der Waals surface area contributed by atoms with Crippen LogP contribution in [0.25, 0.3) is 10.9 Å². The van der Waals surface area contributed by atoms with E-state index in [4.69, 9.17) is 0 Å². The number of anilines is 1. The number of nitrogens with zero attached hydrogens (tertiary/aromatic N) is 4. The first kappa shape index (κ1) is 14.9. The van der Waals surface area contributed by atoms with Crippen LogP contribution in [0.1, 0.15) is 6.92 Å². The lowest BCUT2D eigenvalue weighted by molar-refractivity contribution is -0.128. The first-order valence-electron chi connectivity index (χ1n) is 8.01. The Hall–Kier alpha value is -2.70. The van der Waals surface area contributed by atoms with Gasteiger partial charge >= 0.3 is 6.03 Å². The summed E-state index contributed by atoms with van der Waals surface area (Å²) in [5, 5.41) is 0.864. The number of carbonyl (C=O) groups excluding carboxylic acids is 2. The Morgan fingerprint density at radius 3 is 2.79 bits per heavy atom. The minimum atomic E-state index is -0.462. The zero-order chi connectivity index (χ0) is 16.8. The number of hydrogen-bond acceptors (Lipinski definition) is 4. The summed E-state index contributed by atoms with van der Waals surface area (Å²) in [6, 6.07) is 7.59. The van der Waals surface area contributed by atoms with Crippen LogP contribution in [0, 0.1) is 5.82 Å². The van der Waals surface area contributed by atoms with Crippen molar-refractivity contribution >= 4 is 28.7 Å². The molecule has 3 amide bonds. The molecule has 1 aromatic heterocycles. The fraction of sp³-hybridized carbons (Fsp3) is 0.353. The average molecular weight is 328 g/mol. The second-order valence-corrected chi connectivity index (χ2v) is 6.03. The SMILES string of the molecule is CCN1C(=O)C2CN(c3ccc4ccc(F)cc4n3)CCN2C1=O. The van der Waals surface area contributed by atoms with Gasteiger partial charge in [-0.1, -0.05) is 0 Å². The number of imide groups is 1. The molecule has 1 atom stereocenters. The van der Waals surface area contributed by atoms with Gasteiger partial charge in [-0.15, -0.1) is 0 Å². The Balaban J connectivity index is 1.62. The van der Waals surface area contributed by atoms with E-state index in [1.807, 2.05) is 17.0 Å². The molecule has 2 aromatic rings. The highest BCUT2D eigenvalue weighted by Crippen LogP contribution is 2.26. The third-order valence-corrected chi connectivity index (χ3v) is 4.69. The quantitative estimate of drug-likeness (QED) is 0.790. The van der Waals surface area contributed by atoms with E-state index in [0.29, 0.717) is 37.5 Å². The fourth-order valence-corrected chi connectivity index (χ4v) is 3.41. The molecule has 124 valence electrons. The molecule has 0 saturated carbocycles.